The van der Waals surface area contributed by atoms with E-state index < -0.39 is 6.61 Å². The Balaban J connectivity index is 1.90. The van der Waals surface area contributed by atoms with Crippen molar-refractivity contribution in [2.45, 2.75) is 24.9 Å². The summed E-state index contributed by atoms with van der Waals surface area (Å²) in [7, 11) is 2.12. The van der Waals surface area contributed by atoms with Gasteiger partial charge in [0.2, 0.25) is 0 Å². The lowest BCUT2D eigenvalue weighted by Crippen LogP contribution is -2.42. The Labute approximate surface area is 111 Å². The molecule has 0 saturated carbocycles. The van der Waals surface area contributed by atoms with Crippen molar-refractivity contribution in [1.29, 1.82) is 0 Å². The Morgan fingerprint density at radius 1 is 1.32 bits per heavy atom. The summed E-state index contributed by atoms with van der Waals surface area (Å²) < 4.78 is 29.1. The summed E-state index contributed by atoms with van der Waals surface area (Å²) in [5.74, 6) is 0.260. The number of halogens is 2. The van der Waals surface area contributed by atoms with E-state index in [2.05, 4.69) is 22.0 Å². The maximum atomic E-state index is 12.3. The molecular weight excluding hydrogens is 250 g/mol. The van der Waals surface area contributed by atoms with Gasteiger partial charge in [0.25, 0.3) is 0 Å². The van der Waals surface area contributed by atoms with E-state index in [1.165, 1.54) is 0 Å². The number of benzene rings is 1. The lowest BCUT2D eigenvalue weighted by molar-refractivity contribution is -0.0499. The standard InChI is InChI=1S/C14H18F2N2O/c1-18-6-4-14(5-7-18)9-17-12-3-2-10(8-11(12)14)19-13(15)16/h2-3,8,13,17H,4-7,9H2,1H3. The summed E-state index contributed by atoms with van der Waals surface area (Å²) in [6.07, 6.45) is 2.11. The molecule has 0 atom stereocenters. The monoisotopic (exact) mass is 268 g/mol. The summed E-state index contributed by atoms with van der Waals surface area (Å²) >= 11 is 0. The zero-order valence-electron chi connectivity index (χ0n) is 11.0. The van der Waals surface area contributed by atoms with Crippen molar-refractivity contribution in [3.05, 3.63) is 23.8 Å². The van der Waals surface area contributed by atoms with E-state index in [0.29, 0.717) is 0 Å². The highest BCUT2D eigenvalue weighted by atomic mass is 19.3. The van der Waals surface area contributed by atoms with Crippen LogP contribution in [-0.2, 0) is 5.41 Å². The predicted octanol–water partition coefficient (Wildman–Crippen LogP) is 2.68. The predicted molar refractivity (Wildman–Crippen MR) is 70.0 cm³/mol. The highest BCUT2D eigenvalue weighted by molar-refractivity contribution is 5.62. The van der Waals surface area contributed by atoms with Gasteiger partial charge in [-0.25, -0.2) is 0 Å². The number of hydrogen-bond donors (Lipinski definition) is 1. The van der Waals surface area contributed by atoms with Gasteiger partial charge in [0.1, 0.15) is 5.75 Å². The average molecular weight is 268 g/mol. The maximum absolute atomic E-state index is 12.3. The fourth-order valence-corrected chi connectivity index (χ4v) is 3.14. The topological polar surface area (TPSA) is 24.5 Å². The SMILES string of the molecule is CN1CCC2(CC1)CNc1ccc(OC(F)F)cc12. The number of rotatable bonds is 2. The number of nitrogens with zero attached hydrogens (tertiary/aromatic N) is 1. The van der Waals surface area contributed by atoms with Crippen LogP contribution in [0.25, 0.3) is 0 Å². The van der Waals surface area contributed by atoms with Crippen LogP contribution in [0.2, 0.25) is 0 Å². The third-order valence-corrected chi connectivity index (χ3v) is 4.35. The van der Waals surface area contributed by atoms with Crippen molar-refractivity contribution >= 4 is 5.69 Å². The fraction of sp³-hybridized carbons (Fsp3) is 0.571. The van der Waals surface area contributed by atoms with Gasteiger partial charge in [-0.1, -0.05) is 0 Å². The van der Waals surface area contributed by atoms with E-state index in [4.69, 9.17) is 0 Å². The Kier molecular flexibility index (Phi) is 3.09. The van der Waals surface area contributed by atoms with Crippen LogP contribution in [-0.4, -0.2) is 38.2 Å². The molecule has 1 fully saturated rings. The molecule has 2 aliphatic heterocycles. The molecule has 1 aromatic carbocycles. The molecule has 0 unspecified atom stereocenters. The van der Waals surface area contributed by atoms with E-state index in [1.807, 2.05) is 6.07 Å². The van der Waals surface area contributed by atoms with E-state index in [-0.39, 0.29) is 11.2 Å². The Hall–Kier alpha value is -1.36. The second-order valence-corrected chi connectivity index (χ2v) is 5.52. The Morgan fingerprint density at radius 2 is 2.05 bits per heavy atom. The first-order valence-electron chi connectivity index (χ1n) is 6.61. The van der Waals surface area contributed by atoms with Gasteiger partial charge in [-0.15, -0.1) is 0 Å². The lowest BCUT2D eigenvalue weighted by atomic mass is 9.74. The molecule has 1 saturated heterocycles. The Morgan fingerprint density at radius 3 is 2.74 bits per heavy atom. The smallest absolute Gasteiger partial charge is 0.387 e. The molecule has 0 aromatic heterocycles. The van der Waals surface area contributed by atoms with Crippen LogP contribution in [0.4, 0.5) is 14.5 Å². The van der Waals surface area contributed by atoms with Crippen LogP contribution in [0.15, 0.2) is 18.2 Å². The van der Waals surface area contributed by atoms with Gasteiger partial charge in [0.05, 0.1) is 0 Å². The van der Waals surface area contributed by atoms with Crippen LogP contribution in [0, 0.1) is 0 Å². The fourth-order valence-electron chi connectivity index (χ4n) is 3.14. The number of anilines is 1. The van der Waals surface area contributed by atoms with E-state index in [0.717, 1.165) is 43.7 Å². The molecule has 1 N–H and O–H groups in total. The van der Waals surface area contributed by atoms with Gasteiger partial charge in [-0.3, -0.25) is 0 Å². The molecule has 0 bridgehead atoms. The molecule has 1 aromatic rings. The van der Waals surface area contributed by atoms with Crippen LogP contribution < -0.4 is 10.1 Å². The molecule has 1 spiro atoms. The normalized spacial score (nSPS) is 21.5. The summed E-state index contributed by atoms with van der Waals surface area (Å²) in [6.45, 7) is 0.219. The van der Waals surface area contributed by atoms with Crippen LogP contribution in [0.5, 0.6) is 5.75 Å². The van der Waals surface area contributed by atoms with Crippen LogP contribution in [0.1, 0.15) is 18.4 Å². The average Bonchev–Trinajstić information content (AvgIpc) is 2.72. The first kappa shape index (κ1) is 12.7. The molecule has 2 aliphatic rings. The van der Waals surface area contributed by atoms with Gasteiger partial charge in [-0.05, 0) is 56.7 Å². The van der Waals surface area contributed by atoms with Crippen molar-refractivity contribution < 1.29 is 13.5 Å². The minimum Gasteiger partial charge on any atom is -0.435 e. The van der Waals surface area contributed by atoms with Crippen LogP contribution in [0.3, 0.4) is 0 Å². The second-order valence-electron chi connectivity index (χ2n) is 5.52. The number of ether oxygens (including phenoxy) is 1. The molecule has 3 nitrogen and oxygen atoms in total. The minimum absolute atomic E-state index is 0.0866. The van der Waals surface area contributed by atoms with E-state index in [9.17, 15) is 8.78 Å². The summed E-state index contributed by atoms with van der Waals surface area (Å²) in [4.78, 5) is 2.31. The molecule has 0 amide bonds. The number of fused-ring (bicyclic) bond motifs is 2. The number of piperidine rings is 1. The van der Waals surface area contributed by atoms with Gasteiger partial charge in [-0.2, -0.15) is 8.78 Å². The molecule has 104 valence electrons. The third kappa shape index (κ3) is 2.27. The van der Waals surface area contributed by atoms with Crippen molar-refractivity contribution in [1.82, 2.24) is 4.90 Å². The summed E-state index contributed by atoms with van der Waals surface area (Å²) in [5, 5.41) is 3.39. The summed E-state index contributed by atoms with van der Waals surface area (Å²) in [6, 6.07) is 5.24. The van der Waals surface area contributed by atoms with Gasteiger partial charge in [0, 0.05) is 17.6 Å². The highest BCUT2D eigenvalue weighted by Gasteiger charge is 2.41. The van der Waals surface area contributed by atoms with Crippen molar-refractivity contribution in [3.8, 4) is 5.75 Å². The maximum Gasteiger partial charge on any atom is 0.387 e. The van der Waals surface area contributed by atoms with E-state index in [1.54, 1.807) is 12.1 Å². The minimum atomic E-state index is -2.76. The molecule has 5 heteroatoms. The zero-order valence-corrected chi connectivity index (χ0v) is 11.0. The first-order valence-corrected chi connectivity index (χ1v) is 6.61. The zero-order chi connectivity index (χ0) is 13.5. The Bertz CT molecular complexity index is 471. The summed E-state index contributed by atoms with van der Waals surface area (Å²) in [5.41, 5.74) is 2.29. The molecule has 3 rings (SSSR count). The van der Waals surface area contributed by atoms with E-state index >= 15 is 0 Å². The molecule has 0 aliphatic carbocycles. The van der Waals surface area contributed by atoms with Gasteiger partial charge < -0.3 is 15.0 Å². The molecule has 0 radical (unpaired) electrons. The number of hydrogen-bond acceptors (Lipinski definition) is 3. The lowest BCUT2D eigenvalue weighted by Gasteiger charge is -2.37. The quantitative estimate of drug-likeness (QED) is 0.892. The van der Waals surface area contributed by atoms with Gasteiger partial charge >= 0.3 is 6.61 Å². The molecule has 2 heterocycles. The first-order chi connectivity index (χ1) is 9.09. The number of alkyl halides is 2. The highest BCUT2D eigenvalue weighted by Crippen LogP contribution is 2.45. The number of likely N-dealkylation sites (tertiary alicyclic amines) is 1. The largest absolute Gasteiger partial charge is 0.435 e. The van der Waals surface area contributed by atoms with Gasteiger partial charge in [0.15, 0.2) is 0 Å². The third-order valence-electron chi connectivity index (χ3n) is 4.35. The van der Waals surface area contributed by atoms with Crippen molar-refractivity contribution in [2.75, 3.05) is 32.0 Å². The molecular formula is C14H18F2N2O. The van der Waals surface area contributed by atoms with Crippen LogP contribution >= 0.6 is 0 Å². The molecule has 19 heavy (non-hydrogen) atoms. The number of nitrogens with one attached hydrogen (secondary N) is 1. The van der Waals surface area contributed by atoms with Crippen molar-refractivity contribution in [2.24, 2.45) is 0 Å². The van der Waals surface area contributed by atoms with Crippen molar-refractivity contribution in [3.63, 3.8) is 0 Å². The second kappa shape index (κ2) is 4.63.